The second-order valence-electron chi connectivity index (χ2n) is 4.50. The molecule has 0 aliphatic carbocycles. The van der Waals surface area contributed by atoms with Gasteiger partial charge in [-0.2, -0.15) is 0 Å². The Balaban J connectivity index is 1.99. The molecule has 1 fully saturated rings. The van der Waals surface area contributed by atoms with E-state index in [4.69, 9.17) is 0 Å². The molecular formula is C13H16F2N2O. The van der Waals surface area contributed by atoms with Gasteiger partial charge in [-0.1, -0.05) is 6.42 Å². The SMILES string of the molecule is O=C(NC1CCCCNC1)c1ccc(F)c(F)c1. The van der Waals surface area contributed by atoms with Gasteiger partial charge in [-0.05, 0) is 37.6 Å². The zero-order chi connectivity index (χ0) is 13.0. The first-order valence-corrected chi connectivity index (χ1v) is 6.13. The van der Waals surface area contributed by atoms with Crippen molar-refractivity contribution in [3.63, 3.8) is 0 Å². The van der Waals surface area contributed by atoms with Crippen LogP contribution in [-0.4, -0.2) is 25.0 Å². The normalized spacial score (nSPS) is 20.2. The lowest BCUT2D eigenvalue weighted by Crippen LogP contribution is -2.40. The number of halogens is 2. The number of carbonyl (C=O) groups excluding carboxylic acids is 1. The van der Waals surface area contributed by atoms with E-state index in [1.54, 1.807) is 0 Å². The average Bonchev–Trinajstić information content (AvgIpc) is 2.61. The first-order valence-electron chi connectivity index (χ1n) is 6.13. The Morgan fingerprint density at radius 1 is 1.28 bits per heavy atom. The van der Waals surface area contributed by atoms with Gasteiger partial charge in [0.05, 0.1) is 0 Å². The largest absolute Gasteiger partial charge is 0.348 e. The van der Waals surface area contributed by atoms with E-state index in [2.05, 4.69) is 10.6 Å². The van der Waals surface area contributed by atoms with Gasteiger partial charge in [-0.3, -0.25) is 4.79 Å². The molecule has 1 heterocycles. The van der Waals surface area contributed by atoms with Crippen molar-refractivity contribution in [1.29, 1.82) is 0 Å². The van der Waals surface area contributed by atoms with E-state index in [0.717, 1.165) is 44.5 Å². The molecule has 0 bridgehead atoms. The van der Waals surface area contributed by atoms with Crippen molar-refractivity contribution in [3.05, 3.63) is 35.4 Å². The molecule has 0 radical (unpaired) electrons. The molecule has 0 saturated carbocycles. The second kappa shape index (κ2) is 5.91. The highest BCUT2D eigenvalue weighted by atomic mass is 19.2. The van der Waals surface area contributed by atoms with Crippen LogP contribution in [0.2, 0.25) is 0 Å². The maximum atomic E-state index is 13.0. The van der Waals surface area contributed by atoms with Gasteiger partial charge < -0.3 is 10.6 Å². The third kappa shape index (κ3) is 3.26. The smallest absolute Gasteiger partial charge is 0.251 e. The summed E-state index contributed by atoms with van der Waals surface area (Å²) in [6, 6.07) is 3.23. The molecule has 1 aliphatic heterocycles. The molecule has 0 aromatic heterocycles. The lowest BCUT2D eigenvalue weighted by atomic mass is 10.1. The topological polar surface area (TPSA) is 41.1 Å². The Labute approximate surface area is 105 Å². The highest BCUT2D eigenvalue weighted by molar-refractivity contribution is 5.94. The van der Waals surface area contributed by atoms with Gasteiger partial charge in [-0.25, -0.2) is 8.78 Å². The average molecular weight is 254 g/mol. The molecule has 18 heavy (non-hydrogen) atoms. The third-order valence-corrected chi connectivity index (χ3v) is 3.06. The molecule has 1 amide bonds. The van der Waals surface area contributed by atoms with Crippen LogP contribution in [0.5, 0.6) is 0 Å². The maximum absolute atomic E-state index is 13.0. The number of nitrogens with one attached hydrogen (secondary N) is 2. The predicted octanol–water partition coefficient (Wildman–Crippen LogP) is 1.84. The van der Waals surface area contributed by atoms with Crippen LogP contribution >= 0.6 is 0 Å². The summed E-state index contributed by atoms with van der Waals surface area (Å²) in [5.41, 5.74) is 0.151. The number of rotatable bonds is 2. The molecule has 1 aliphatic rings. The summed E-state index contributed by atoms with van der Waals surface area (Å²) in [7, 11) is 0. The Morgan fingerprint density at radius 2 is 2.11 bits per heavy atom. The summed E-state index contributed by atoms with van der Waals surface area (Å²) < 4.78 is 25.8. The van der Waals surface area contributed by atoms with Crippen molar-refractivity contribution in [2.45, 2.75) is 25.3 Å². The molecule has 0 spiro atoms. The van der Waals surface area contributed by atoms with Gasteiger partial charge in [0.2, 0.25) is 0 Å². The molecule has 2 N–H and O–H groups in total. The Hall–Kier alpha value is -1.49. The highest BCUT2D eigenvalue weighted by Crippen LogP contribution is 2.10. The number of hydrogen-bond donors (Lipinski definition) is 2. The third-order valence-electron chi connectivity index (χ3n) is 3.06. The van der Waals surface area contributed by atoms with Crippen LogP contribution in [0.15, 0.2) is 18.2 Å². The van der Waals surface area contributed by atoms with Gasteiger partial charge in [0, 0.05) is 18.2 Å². The van der Waals surface area contributed by atoms with Crippen LogP contribution in [0, 0.1) is 11.6 Å². The van der Waals surface area contributed by atoms with Gasteiger partial charge >= 0.3 is 0 Å². The molecule has 1 atom stereocenters. The first-order chi connectivity index (χ1) is 8.66. The van der Waals surface area contributed by atoms with Crippen LogP contribution in [0.25, 0.3) is 0 Å². The molecule has 98 valence electrons. The van der Waals surface area contributed by atoms with Crippen molar-refractivity contribution >= 4 is 5.91 Å². The van der Waals surface area contributed by atoms with E-state index in [0.29, 0.717) is 0 Å². The minimum Gasteiger partial charge on any atom is -0.348 e. The Bertz CT molecular complexity index is 429. The van der Waals surface area contributed by atoms with E-state index in [9.17, 15) is 13.6 Å². The molecule has 1 aromatic rings. The molecule has 1 saturated heterocycles. The van der Waals surface area contributed by atoms with Crippen LogP contribution in [0.3, 0.4) is 0 Å². The number of carbonyl (C=O) groups is 1. The van der Waals surface area contributed by atoms with Crippen molar-refractivity contribution in [2.24, 2.45) is 0 Å². The van der Waals surface area contributed by atoms with Gasteiger partial charge in [0.15, 0.2) is 11.6 Å². The molecule has 3 nitrogen and oxygen atoms in total. The summed E-state index contributed by atoms with van der Waals surface area (Å²) in [5.74, 6) is -2.30. The summed E-state index contributed by atoms with van der Waals surface area (Å²) in [6.45, 7) is 1.67. The van der Waals surface area contributed by atoms with Crippen molar-refractivity contribution in [2.75, 3.05) is 13.1 Å². The lowest BCUT2D eigenvalue weighted by Gasteiger charge is -2.16. The molecule has 2 rings (SSSR count). The van der Waals surface area contributed by atoms with Crippen LogP contribution in [0.4, 0.5) is 8.78 Å². The molecule has 1 aromatic carbocycles. The number of amides is 1. The standard InChI is InChI=1S/C13H16F2N2O/c14-11-5-4-9(7-12(11)15)13(18)17-10-3-1-2-6-16-8-10/h4-5,7,10,16H,1-3,6,8H2,(H,17,18). The zero-order valence-corrected chi connectivity index (χ0v) is 10.0. The zero-order valence-electron chi connectivity index (χ0n) is 10.0. The number of hydrogen-bond acceptors (Lipinski definition) is 2. The van der Waals surface area contributed by atoms with Gasteiger partial charge in [0.25, 0.3) is 5.91 Å². The summed E-state index contributed by atoms with van der Waals surface area (Å²) in [6.07, 6.45) is 3.05. The fraction of sp³-hybridized carbons (Fsp3) is 0.462. The first kappa shape index (κ1) is 13.0. The van der Waals surface area contributed by atoms with Gasteiger partial charge in [-0.15, -0.1) is 0 Å². The van der Waals surface area contributed by atoms with E-state index >= 15 is 0 Å². The fourth-order valence-electron chi connectivity index (χ4n) is 2.05. The molecule has 5 heteroatoms. The van der Waals surface area contributed by atoms with Gasteiger partial charge in [0.1, 0.15) is 0 Å². The predicted molar refractivity (Wildman–Crippen MR) is 64.3 cm³/mol. The Kier molecular flexibility index (Phi) is 4.25. The monoisotopic (exact) mass is 254 g/mol. The van der Waals surface area contributed by atoms with Crippen LogP contribution in [0.1, 0.15) is 29.6 Å². The van der Waals surface area contributed by atoms with Crippen LogP contribution in [-0.2, 0) is 0 Å². The van der Waals surface area contributed by atoms with Crippen molar-refractivity contribution in [1.82, 2.24) is 10.6 Å². The highest BCUT2D eigenvalue weighted by Gasteiger charge is 2.16. The lowest BCUT2D eigenvalue weighted by molar-refractivity contribution is 0.0935. The fourth-order valence-corrected chi connectivity index (χ4v) is 2.05. The van der Waals surface area contributed by atoms with Crippen LogP contribution < -0.4 is 10.6 Å². The van der Waals surface area contributed by atoms with E-state index in [1.165, 1.54) is 6.07 Å². The quantitative estimate of drug-likeness (QED) is 0.845. The van der Waals surface area contributed by atoms with E-state index in [1.807, 2.05) is 0 Å². The Morgan fingerprint density at radius 3 is 2.89 bits per heavy atom. The summed E-state index contributed by atoms with van der Waals surface area (Å²) in [5, 5.41) is 6.06. The van der Waals surface area contributed by atoms with Crippen molar-refractivity contribution in [3.8, 4) is 0 Å². The maximum Gasteiger partial charge on any atom is 0.251 e. The molecular weight excluding hydrogens is 238 g/mol. The summed E-state index contributed by atoms with van der Waals surface area (Å²) in [4.78, 5) is 11.9. The van der Waals surface area contributed by atoms with Crippen molar-refractivity contribution < 1.29 is 13.6 Å². The second-order valence-corrected chi connectivity index (χ2v) is 4.50. The molecule has 1 unspecified atom stereocenters. The summed E-state index contributed by atoms with van der Waals surface area (Å²) >= 11 is 0. The van der Waals surface area contributed by atoms with E-state index in [-0.39, 0.29) is 17.5 Å². The van der Waals surface area contributed by atoms with E-state index < -0.39 is 11.6 Å². The minimum atomic E-state index is -0.998. The number of benzene rings is 1. The minimum absolute atomic E-state index is 0.0492.